The molecule has 0 saturated carbocycles. The number of aryl methyl sites for hydroxylation is 2. The second-order valence-electron chi connectivity index (χ2n) is 4.53. The Hall–Kier alpha value is -0.900. The number of halogens is 3. The molecule has 0 amide bonds. The standard InChI is InChI=1S/C15H13BrClFO/c1-8-5-11(18)6-9(2)14(8)15(19)10-3-4-12(16)13(17)7-10/h3-7,15,19H,1-2H3. The van der Waals surface area contributed by atoms with Gasteiger partial charge in [-0.15, -0.1) is 0 Å². The first-order valence-electron chi connectivity index (χ1n) is 5.80. The van der Waals surface area contributed by atoms with Crippen molar-refractivity contribution in [3.8, 4) is 0 Å². The molecule has 4 heteroatoms. The quantitative estimate of drug-likeness (QED) is 0.819. The third-order valence-electron chi connectivity index (χ3n) is 3.09. The summed E-state index contributed by atoms with van der Waals surface area (Å²) in [4.78, 5) is 0. The van der Waals surface area contributed by atoms with E-state index in [0.29, 0.717) is 10.6 Å². The van der Waals surface area contributed by atoms with Crippen LogP contribution in [0.3, 0.4) is 0 Å². The van der Waals surface area contributed by atoms with Crippen molar-refractivity contribution in [1.29, 1.82) is 0 Å². The number of benzene rings is 2. The summed E-state index contributed by atoms with van der Waals surface area (Å²) in [6.45, 7) is 3.57. The molecule has 1 atom stereocenters. The van der Waals surface area contributed by atoms with E-state index in [4.69, 9.17) is 11.6 Å². The Morgan fingerprint density at radius 2 is 1.74 bits per heavy atom. The molecule has 0 radical (unpaired) electrons. The van der Waals surface area contributed by atoms with E-state index >= 15 is 0 Å². The monoisotopic (exact) mass is 342 g/mol. The van der Waals surface area contributed by atoms with Crippen molar-refractivity contribution >= 4 is 27.5 Å². The lowest BCUT2D eigenvalue weighted by molar-refractivity contribution is 0.218. The van der Waals surface area contributed by atoms with Gasteiger partial charge in [0.05, 0.1) is 5.02 Å². The van der Waals surface area contributed by atoms with Crippen molar-refractivity contribution in [3.63, 3.8) is 0 Å². The molecular formula is C15H13BrClFO. The van der Waals surface area contributed by atoms with Gasteiger partial charge in [0.15, 0.2) is 0 Å². The highest BCUT2D eigenvalue weighted by molar-refractivity contribution is 9.10. The van der Waals surface area contributed by atoms with E-state index in [1.807, 2.05) is 0 Å². The molecule has 2 rings (SSSR count). The van der Waals surface area contributed by atoms with Gasteiger partial charge in [0.1, 0.15) is 11.9 Å². The van der Waals surface area contributed by atoms with Crippen LogP contribution in [0, 0.1) is 19.7 Å². The van der Waals surface area contributed by atoms with Crippen LogP contribution in [-0.2, 0) is 0 Å². The molecule has 100 valence electrons. The van der Waals surface area contributed by atoms with E-state index < -0.39 is 6.10 Å². The molecule has 19 heavy (non-hydrogen) atoms. The summed E-state index contributed by atoms with van der Waals surface area (Å²) in [6.07, 6.45) is -0.814. The first kappa shape index (κ1) is 14.5. The number of aliphatic hydroxyl groups is 1. The van der Waals surface area contributed by atoms with E-state index in [9.17, 15) is 9.50 Å². The molecule has 0 fully saturated rings. The number of hydrogen-bond donors (Lipinski definition) is 1. The van der Waals surface area contributed by atoms with Gasteiger partial charge in [0, 0.05) is 4.47 Å². The Balaban J connectivity index is 2.49. The third-order valence-corrected chi connectivity index (χ3v) is 4.32. The van der Waals surface area contributed by atoms with Crippen molar-refractivity contribution in [2.45, 2.75) is 20.0 Å². The van der Waals surface area contributed by atoms with Crippen LogP contribution in [0.5, 0.6) is 0 Å². The fourth-order valence-corrected chi connectivity index (χ4v) is 2.64. The lowest BCUT2D eigenvalue weighted by Gasteiger charge is -2.17. The molecule has 0 bridgehead atoms. The van der Waals surface area contributed by atoms with Crippen LogP contribution in [0.25, 0.3) is 0 Å². The SMILES string of the molecule is Cc1cc(F)cc(C)c1C(O)c1ccc(Br)c(Cl)c1. The lowest BCUT2D eigenvalue weighted by atomic mass is 9.93. The first-order valence-corrected chi connectivity index (χ1v) is 6.97. The van der Waals surface area contributed by atoms with E-state index in [1.165, 1.54) is 12.1 Å². The molecule has 0 aliphatic rings. The number of hydrogen-bond acceptors (Lipinski definition) is 1. The Morgan fingerprint density at radius 1 is 1.16 bits per heavy atom. The highest BCUT2D eigenvalue weighted by Gasteiger charge is 2.17. The van der Waals surface area contributed by atoms with Crippen molar-refractivity contribution in [3.05, 3.63) is 67.9 Å². The molecule has 1 N–H and O–H groups in total. The van der Waals surface area contributed by atoms with Crippen molar-refractivity contribution in [2.24, 2.45) is 0 Å². The van der Waals surface area contributed by atoms with Crippen molar-refractivity contribution in [1.82, 2.24) is 0 Å². The molecule has 0 saturated heterocycles. The summed E-state index contributed by atoms with van der Waals surface area (Å²) in [5.41, 5.74) is 2.86. The van der Waals surface area contributed by atoms with Crippen molar-refractivity contribution in [2.75, 3.05) is 0 Å². The third kappa shape index (κ3) is 2.99. The van der Waals surface area contributed by atoms with E-state index in [-0.39, 0.29) is 5.82 Å². The second-order valence-corrected chi connectivity index (χ2v) is 5.79. The normalized spacial score (nSPS) is 12.5. The van der Waals surface area contributed by atoms with Crippen LogP contribution in [-0.4, -0.2) is 5.11 Å². The van der Waals surface area contributed by atoms with Crippen LogP contribution in [0.4, 0.5) is 4.39 Å². The first-order chi connectivity index (χ1) is 8.90. The summed E-state index contributed by atoms with van der Waals surface area (Å²) in [6, 6.07) is 8.13. The molecule has 0 aliphatic carbocycles. The van der Waals surface area contributed by atoms with Crippen LogP contribution in [0.2, 0.25) is 5.02 Å². The maximum Gasteiger partial charge on any atom is 0.123 e. The van der Waals surface area contributed by atoms with Gasteiger partial charge >= 0.3 is 0 Å². The van der Waals surface area contributed by atoms with Gasteiger partial charge in [0.25, 0.3) is 0 Å². The molecule has 0 heterocycles. The molecule has 0 aliphatic heterocycles. The van der Waals surface area contributed by atoms with Crippen LogP contribution in [0.15, 0.2) is 34.8 Å². The second kappa shape index (κ2) is 5.61. The summed E-state index contributed by atoms with van der Waals surface area (Å²) in [5.74, 6) is -0.292. The maximum absolute atomic E-state index is 13.3. The topological polar surface area (TPSA) is 20.2 Å². The van der Waals surface area contributed by atoms with Gasteiger partial charge in [-0.05, 0) is 76.3 Å². The minimum absolute atomic E-state index is 0.292. The highest BCUT2D eigenvalue weighted by Crippen LogP contribution is 2.32. The summed E-state index contributed by atoms with van der Waals surface area (Å²) < 4.78 is 14.1. The molecule has 1 nitrogen and oxygen atoms in total. The average Bonchev–Trinajstić information content (AvgIpc) is 2.31. The van der Waals surface area contributed by atoms with E-state index in [1.54, 1.807) is 32.0 Å². The van der Waals surface area contributed by atoms with E-state index in [0.717, 1.165) is 21.2 Å². The zero-order valence-corrected chi connectivity index (χ0v) is 12.9. The number of aliphatic hydroxyl groups excluding tert-OH is 1. The van der Waals surface area contributed by atoms with E-state index in [2.05, 4.69) is 15.9 Å². The lowest BCUT2D eigenvalue weighted by Crippen LogP contribution is -2.05. The van der Waals surface area contributed by atoms with Gasteiger partial charge in [-0.2, -0.15) is 0 Å². The zero-order valence-electron chi connectivity index (χ0n) is 10.5. The highest BCUT2D eigenvalue weighted by atomic mass is 79.9. The summed E-state index contributed by atoms with van der Waals surface area (Å²) >= 11 is 9.34. The zero-order chi connectivity index (χ0) is 14.2. The molecule has 2 aromatic carbocycles. The maximum atomic E-state index is 13.3. The molecule has 2 aromatic rings. The number of rotatable bonds is 2. The molecule has 1 unspecified atom stereocenters. The van der Waals surface area contributed by atoms with Gasteiger partial charge < -0.3 is 5.11 Å². The Labute approximate surface area is 125 Å². The van der Waals surface area contributed by atoms with Crippen molar-refractivity contribution < 1.29 is 9.50 Å². The van der Waals surface area contributed by atoms with Crippen LogP contribution < -0.4 is 0 Å². The Morgan fingerprint density at radius 3 is 2.26 bits per heavy atom. The smallest absolute Gasteiger partial charge is 0.123 e. The molecule has 0 spiro atoms. The van der Waals surface area contributed by atoms with Gasteiger partial charge in [-0.25, -0.2) is 4.39 Å². The summed E-state index contributed by atoms with van der Waals surface area (Å²) in [7, 11) is 0. The summed E-state index contributed by atoms with van der Waals surface area (Å²) in [5, 5.41) is 11.0. The van der Waals surface area contributed by atoms with Gasteiger partial charge in [0.2, 0.25) is 0 Å². The largest absolute Gasteiger partial charge is 0.384 e. The van der Waals surface area contributed by atoms with Gasteiger partial charge in [-0.3, -0.25) is 0 Å². The Kier molecular flexibility index (Phi) is 4.29. The minimum Gasteiger partial charge on any atom is -0.384 e. The molecule has 0 aromatic heterocycles. The predicted octanol–water partition coefficient (Wildman–Crippen LogP) is 4.94. The fraction of sp³-hybridized carbons (Fsp3) is 0.200. The Bertz CT molecular complexity index is 605. The van der Waals surface area contributed by atoms with Crippen LogP contribution in [0.1, 0.15) is 28.4 Å². The average molecular weight is 344 g/mol. The van der Waals surface area contributed by atoms with Gasteiger partial charge in [-0.1, -0.05) is 17.7 Å². The van der Waals surface area contributed by atoms with Crippen LogP contribution >= 0.6 is 27.5 Å². The predicted molar refractivity (Wildman–Crippen MR) is 79.1 cm³/mol. The fourth-order valence-electron chi connectivity index (χ4n) is 2.20. The minimum atomic E-state index is -0.814. The molecular weight excluding hydrogens is 331 g/mol.